The molecule has 0 bridgehead atoms. The van der Waals surface area contributed by atoms with E-state index in [-0.39, 0.29) is 23.1 Å². The molecule has 2 N–H and O–H groups in total. The van der Waals surface area contributed by atoms with Gasteiger partial charge < -0.3 is 10.6 Å². The number of amides is 1. The van der Waals surface area contributed by atoms with Crippen molar-refractivity contribution in [2.45, 2.75) is 13.3 Å². The Labute approximate surface area is 132 Å². The van der Waals surface area contributed by atoms with Crippen LogP contribution in [0.5, 0.6) is 0 Å². The van der Waals surface area contributed by atoms with E-state index in [4.69, 9.17) is 0 Å². The third-order valence-electron chi connectivity index (χ3n) is 3.60. The summed E-state index contributed by atoms with van der Waals surface area (Å²) in [7, 11) is 1.52. The highest BCUT2D eigenvalue weighted by molar-refractivity contribution is 5.97. The van der Waals surface area contributed by atoms with Crippen LogP contribution in [0.25, 0.3) is 5.52 Å². The summed E-state index contributed by atoms with van der Waals surface area (Å²) in [5, 5.41) is 5.49. The Hall–Kier alpha value is -2.96. The Kier molecular flexibility index (Phi) is 3.92. The number of benzene rings is 1. The smallest absolute Gasteiger partial charge is 0.273 e. The minimum atomic E-state index is -0.385. The molecular formula is C16H16FN5O. The van der Waals surface area contributed by atoms with Crippen LogP contribution in [0.3, 0.4) is 0 Å². The van der Waals surface area contributed by atoms with E-state index in [1.54, 1.807) is 29.2 Å². The van der Waals surface area contributed by atoms with E-state index in [2.05, 4.69) is 20.6 Å². The largest absolute Gasteiger partial charge is 0.354 e. The number of nitrogens with one attached hydrogen (secondary N) is 2. The van der Waals surface area contributed by atoms with Gasteiger partial charge in [0, 0.05) is 7.05 Å². The molecule has 1 amide bonds. The predicted octanol–water partition coefficient (Wildman–Crippen LogP) is 2.53. The van der Waals surface area contributed by atoms with Gasteiger partial charge in [-0.2, -0.15) is 0 Å². The lowest BCUT2D eigenvalue weighted by atomic mass is 10.1. The Bertz CT molecular complexity index is 874. The Morgan fingerprint density at radius 1 is 1.35 bits per heavy atom. The molecule has 0 aliphatic carbocycles. The molecule has 118 valence electrons. The van der Waals surface area contributed by atoms with Gasteiger partial charge in [0.25, 0.3) is 5.91 Å². The van der Waals surface area contributed by atoms with Crippen LogP contribution >= 0.6 is 0 Å². The monoisotopic (exact) mass is 313 g/mol. The molecule has 0 unspecified atom stereocenters. The van der Waals surface area contributed by atoms with Crippen LogP contribution in [0.2, 0.25) is 0 Å². The summed E-state index contributed by atoms with van der Waals surface area (Å²) < 4.78 is 15.9. The molecule has 3 rings (SSSR count). The normalized spacial score (nSPS) is 10.7. The quantitative estimate of drug-likeness (QED) is 0.776. The maximum Gasteiger partial charge on any atom is 0.273 e. The SMILES string of the molecule is CCc1ccc(Nc2c(C(=O)NC)ncc3cncn23)c(F)c1. The first-order valence-electron chi connectivity index (χ1n) is 7.22. The number of carbonyl (C=O) groups excluding carboxylic acids is 1. The summed E-state index contributed by atoms with van der Waals surface area (Å²) in [5.74, 6) is -0.388. The third kappa shape index (κ3) is 2.73. The van der Waals surface area contributed by atoms with E-state index >= 15 is 0 Å². The number of aromatic nitrogens is 3. The highest BCUT2D eigenvalue weighted by Crippen LogP contribution is 2.24. The average molecular weight is 313 g/mol. The zero-order valence-corrected chi connectivity index (χ0v) is 12.8. The van der Waals surface area contributed by atoms with E-state index in [1.807, 2.05) is 13.0 Å². The van der Waals surface area contributed by atoms with Crippen molar-refractivity contribution in [1.29, 1.82) is 0 Å². The number of hydrogen-bond donors (Lipinski definition) is 2. The predicted molar refractivity (Wildman–Crippen MR) is 85.4 cm³/mol. The summed E-state index contributed by atoms with van der Waals surface area (Å²) in [5.41, 5.74) is 2.04. The molecule has 7 heteroatoms. The molecule has 2 heterocycles. The van der Waals surface area contributed by atoms with Crippen molar-refractivity contribution in [2.75, 3.05) is 12.4 Å². The number of fused-ring (bicyclic) bond motifs is 1. The highest BCUT2D eigenvalue weighted by atomic mass is 19.1. The maximum absolute atomic E-state index is 14.3. The molecule has 0 aliphatic rings. The molecular weight excluding hydrogens is 297 g/mol. The van der Waals surface area contributed by atoms with Gasteiger partial charge in [-0.3, -0.25) is 9.20 Å². The van der Waals surface area contributed by atoms with Crippen LogP contribution in [0.4, 0.5) is 15.9 Å². The molecule has 0 saturated carbocycles. The van der Waals surface area contributed by atoms with Gasteiger partial charge in [-0.05, 0) is 24.1 Å². The number of imidazole rings is 1. The molecule has 0 fully saturated rings. The lowest BCUT2D eigenvalue weighted by Gasteiger charge is -2.13. The Balaban J connectivity index is 2.11. The van der Waals surface area contributed by atoms with Gasteiger partial charge in [-0.1, -0.05) is 13.0 Å². The standard InChI is InChI=1S/C16H16FN5O/c1-3-10-4-5-13(12(17)6-10)21-15-14(16(23)18-2)20-8-11-7-19-9-22(11)15/h4-9,21H,3H2,1-2H3,(H,18,23). The van der Waals surface area contributed by atoms with Crippen LogP contribution in [0.15, 0.2) is 36.9 Å². The zero-order chi connectivity index (χ0) is 16.4. The molecule has 0 aliphatic heterocycles. The van der Waals surface area contributed by atoms with Gasteiger partial charge in [0.05, 0.1) is 23.6 Å². The highest BCUT2D eigenvalue weighted by Gasteiger charge is 2.17. The maximum atomic E-state index is 14.3. The number of halogens is 1. The zero-order valence-electron chi connectivity index (χ0n) is 12.8. The third-order valence-corrected chi connectivity index (χ3v) is 3.60. The fourth-order valence-electron chi connectivity index (χ4n) is 2.30. The Morgan fingerprint density at radius 3 is 2.87 bits per heavy atom. The molecule has 23 heavy (non-hydrogen) atoms. The van der Waals surface area contributed by atoms with Crippen molar-refractivity contribution in [3.05, 3.63) is 54.0 Å². The van der Waals surface area contributed by atoms with Crippen LogP contribution in [-0.4, -0.2) is 27.3 Å². The second-order valence-corrected chi connectivity index (χ2v) is 5.02. The average Bonchev–Trinajstić information content (AvgIpc) is 3.05. The fraction of sp³-hybridized carbons (Fsp3) is 0.188. The van der Waals surface area contributed by atoms with Crippen molar-refractivity contribution < 1.29 is 9.18 Å². The van der Waals surface area contributed by atoms with Gasteiger partial charge >= 0.3 is 0 Å². The van der Waals surface area contributed by atoms with E-state index in [1.165, 1.54) is 13.1 Å². The van der Waals surface area contributed by atoms with Crippen LogP contribution in [-0.2, 0) is 6.42 Å². The molecule has 1 aromatic carbocycles. The first kappa shape index (κ1) is 15.0. The lowest BCUT2D eigenvalue weighted by Crippen LogP contribution is -2.22. The van der Waals surface area contributed by atoms with E-state index in [0.29, 0.717) is 11.3 Å². The topological polar surface area (TPSA) is 71.3 Å². The van der Waals surface area contributed by atoms with E-state index in [9.17, 15) is 9.18 Å². The minimum absolute atomic E-state index is 0.164. The number of rotatable bonds is 4. The molecule has 0 saturated heterocycles. The van der Waals surface area contributed by atoms with Crippen molar-refractivity contribution >= 4 is 22.9 Å². The number of carbonyl (C=O) groups is 1. The second kappa shape index (κ2) is 6.04. The molecule has 0 radical (unpaired) electrons. The summed E-state index contributed by atoms with van der Waals surface area (Å²) in [6, 6.07) is 4.97. The summed E-state index contributed by atoms with van der Waals surface area (Å²) in [6.07, 6.45) is 5.45. The van der Waals surface area contributed by atoms with Gasteiger partial charge in [-0.25, -0.2) is 14.4 Å². The molecule has 2 aromatic heterocycles. The second-order valence-electron chi connectivity index (χ2n) is 5.02. The van der Waals surface area contributed by atoms with Crippen molar-refractivity contribution in [2.24, 2.45) is 0 Å². The number of aryl methyl sites for hydroxylation is 1. The van der Waals surface area contributed by atoms with Gasteiger partial charge in [0.1, 0.15) is 18.0 Å². The van der Waals surface area contributed by atoms with Crippen molar-refractivity contribution in [3.63, 3.8) is 0 Å². The van der Waals surface area contributed by atoms with Gasteiger partial charge in [-0.15, -0.1) is 0 Å². The van der Waals surface area contributed by atoms with Gasteiger partial charge in [0.2, 0.25) is 0 Å². The summed E-state index contributed by atoms with van der Waals surface area (Å²) in [6.45, 7) is 1.96. The lowest BCUT2D eigenvalue weighted by molar-refractivity contribution is 0.0958. The molecule has 0 atom stereocenters. The molecule has 0 spiro atoms. The van der Waals surface area contributed by atoms with Gasteiger partial charge in [0.15, 0.2) is 5.69 Å². The van der Waals surface area contributed by atoms with Crippen LogP contribution < -0.4 is 10.6 Å². The number of anilines is 2. The number of hydrogen-bond acceptors (Lipinski definition) is 4. The first-order chi connectivity index (χ1) is 11.1. The van der Waals surface area contributed by atoms with Crippen molar-refractivity contribution in [3.8, 4) is 0 Å². The van der Waals surface area contributed by atoms with Crippen LogP contribution in [0, 0.1) is 5.82 Å². The summed E-state index contributed by atoms with van der Waals surface area (Å²) >= 11 is 0. The molecule has 6 nitrogen and oxygen atoms in total. The summed E-state index contributed by atoms with van der Waals surface area (Å²) in [4.78, 5) is 20.2. The fourth-order valence-corrected chi connectivity index (χ4v) is 2.30. The van der Waals surface area contributed by atoms with Crippen molar-refractivity contribution in [1.82, 2.24) is 19.7 Å². The number of nitrogens with zero attached hydrogens (tertiary/aromatic N) is 3. The van der Waals surface area contributed by atoms with Crippen LogP contribution in [0.1, 0.15) is 23.0 Å². The Morgan fingerprint density at radius 2 is 2.17 bits per heavy atom. The van der Waals surface area contributed by atoms with E-state index in [0.717, 1.165) is 12.0 Å². The minimum Gasteiger partial charge on any atom is -0.354 e. The first-order valence-corrected chi connectivity index (χ1v) is 7.22. The molecule has 3 aromatic rings. The van der Waals surface area contributed by atoms with E-state index < -0.39 is 0 Å².